The fraction of sp³-hybridized carbons (Fsp3) is 0.192. The highest BCUT2D eigenvalue weighted by Gasteiger charge is 2.29. The Hall–Kier alpha value is -3.49. The highest BCUT2D eigenvalue weighted by atomic mass is 35.5. The van der Waals surface area contributed by atoms with Crippen LogP contribution in [0.3, 0.4) is 0 Å². The minimum absolute atomic E-state index is 0.0734. The van der Waals surface area contributed by atoms with Gasteiger partial charge in [-0.15, -0.1) is 0 Å². The van der Waals surface area contributed by atoms with Crippen LogP contribution in [-0.2, 0) is 9.84 Å². The SMILES string of the molecule is CN(c1cccc(-c2ccc(S(=O)(=O)CC3CC3)cc2)c1)c1nc(=N)n(C=N)c2cc(Cl)ccc12. The van der Waals surface area contributed by atoms with Crippen LogP contribution in [0.2, 0.25) is 5.02 Å². The van der Waals surface area contributed by atoms with Crippen molar-refractivity contribution in [2.75, 3.05) is 17.7 Å². The normalized spacial score (nSPS) is 13.7. The molecule has 3 aromatic carbocycles. The first kappa shape index (κ1) is 23.3. The van der Waals surface area contributed by atoms with Gasteiger partial charge in [-0.25, -0.2) is 8.42 Å². The molecule has 1 saturated carbocycles. The second-order valence-electron chi connectivity index (χ2n) is 8.78. The van der Waals surface area contributed by atoms with Gasteiger partial charge in [0, 0.05) is 23.1 Å². The number of hydrogen-bond donors (Lipinski definition) is 2. The van der Waals surface area contributed by atoms with Gasteiger partial charge in [0.25, 0.3) is 0 Å². The molecule has 0 radical (unpaired) electrons. The van der Waals surface area contributed by atoms with Crippen LogP contribution in [0, 0.1) is 16.7 Å². The topological polar surface area (TPSA) is 103 Å². The van der Waals surface area contributed by atoms with Crippen molar-refractivity contribution in [3.63, 3.8) is 0 Å². The number of fused-ring (bicyclic) bond motifs is 1. The smallest absolute Gasteiger partial charge is 0.229 e. The van der Waals surface area contributed by atoms with E-state index in [2.05, 4.69) is 4.98 Å². The molecule has 1 aliphatic carbocycles. The number of anilines is 2. The molecule has 0 unspecified atom stereocenters. The quantitative estimate of drug-likeness (QED) is 0.264. The van der Waals surface area contributed by atoms with E-state index >= 15 is 0 Å². The van der Waals surface area contributed by atoms with E-state index < -0.39 is 9.84 Å². The molecule has 35 heavy (non-hydrogen) atoms. The van der Waals surface area contributed by atoms with E-state index in [1.807, 2.05) is 54.4 Å². The maximum absolute atomic E-state index is 12.6. The first-order valence-electron chi connectivity index (χ1n) is 11.2. The average molecular weight is 506 g/mol. The van der Waals surface area contributed by atoms with Crippen LogP contribution in [0.1, 0.15) is 12.8 Å². The van der Waals surface area contributed by atoms with Crippen molar-refractivity contribution in [1.29, 1.82) is 10.8 Å². The molecular formula is C26H24ClN5O2S. The lowest BCUT2D eigenvalue weighted by atomic mass is 10.0. The van der Waals surface area contributed by atoms with Crippen molar-refractivity contribution in [2.24, 2.45) is 5.92 Å². The Morgan fingerprint density at radius 1 is 1.09 bits per heavy atom. The lowest BCUT2D eigenvalue weighted by Crippen LogP contribution is -2.26. The molecule has 0 bridgehead atoms. The van der Waals surface area contributed by atoms with E-state index in [1.165, 1.54) is 4.57 Å². The van der Waals surface area contributed by atoms with Gasteiger partial charge in [0.2, 0.25) is 5.62 Å². The predicted octanol–water partition coefficient (Wildman–Crippen LogP) is 5.24. The van der Waals surface area contributed by atoms with Crippen molar-refractivity contribution >= 4 is 50.2 Å². The molecule has 1 heterocycles. The second kappa shape index (κ2) is 8.94. The molecule has 0 aliphatic heterocycles. The molecule has 0 spiro atoms. The molecule has 1 aromatic heterocycles. The first-order chi connectivity index (χ1) is 16.8. The number of benzene rings is 3. The zero-order valence-corrected chi connectivity index (χ0v) is 20.6. The Balaban J connectivity index is 1.50. The lowest BCUT2D eigenvalue weighted by Gasteiger charge is -2.22. The van der Waals surface area contributed by atoms with Crippen molar-refractivity contribution < 1.29 is 8.42 Å². The molecular weight excluding hydrogens is 482 g/mol. The minimum Gasteiger partial charge on any atom is -0.329 e. The first-order valence-corrected chi connectivity index (χ1v) is 13.2. The van der Waals surface area contributed by atoms with Crippen LogP contribution >= 0.6 is 11.6 Å². The van der Waals surface area contributed by atoms with E-state index in [1.54, 1.807) is 24.3 Å². The Kier molecular flexibility index (Phi) is 5.94. The van der Waals surface area contributed by atoms with E-state index in [0.29, 0.717) is 27.2 Å². The van der Waals surface area contributed by atoms with Crippen molar-refractivity contribution in [3.8, 4) is 11.1 Å². The zero-order valence-electron chi connectivity index (χ0n) is 19.1. The van der Waals surface area contributed by atoms with Gasteiger partial charge >= 0.3 is 0 Å². The van der Waals surface area contributed by atoms with Crippen molar-refractivity contribution in [3.05, 3.63) is 77.4 Å². The largest absolute Gasteiger partial charge is 0.329 e. The van der Waals surface area contributed by atoms with E-state index in [-0.39, 0.29) is 11.4 Å². The number of sulfone groups is 1. The number of nitrogens with one attached hydrogen (secondary N) is 2. The summed E-state index contributed by atoms with van der Waals surface area (Å²) in [7, 11) is -1.38. The van der Waals surface area contributed by atoms with Gasteiger partial charge < -0.3 is 4.90 Å². The minimum atomic E-state index is -3.25. The third kappa shape index (κ3) is 4.59. The van der Waals surface area contributed by atoms with Crippen molar-refractivity contribution in [2.45, 2.75) is 17.7 Å². The summed E-state index contributed by atoms with van der Waals surface area (Å²) in [5.41, 5.74) is 3.24. The molecule has 5 rings (SSSR count). The molecule has 2 N–H and O–H groups in total. The number of aromatic nitrogens is 2. The number of rotatable bonds is 7. The molecule has 9 heteroatoms. The second-order valence-corrected chi connectivity index (χ2v) is 11.2. The van der Waals surface area contributed by atoms with Gasteiger partial charge in [-0.3, -0.25) is 15.4 Å². The number of hydrogen-bond acceptors (Lipinski definition) is 6. The van der Waals surface area contributed by atoms with E-state index in [0.717, 1.165) is 41.4 Å². The van der Waals surface area contributed by atoms with Gasteiger partial charge in [0.1, 0.15) is 5.82 Å². The lowest BCUT2D eigenvalue weighted by molar-refractivity contribution is 0.592. The molecule has 0 amide bonds. The van der Waals surface area contributed by atoms with E-state index in [4.69, 9.17) is 22.4 Å². The van der Waals surface area contributed by atoms with Crippen LogP contribution < -0.4 is 10.5 Å². The Labute approximate surface area is 208 Å². The summed E-state index contributed by atoms with van der Waals surface area (Å²) in [6.45, 7) is 0. The third-order valence-electron chi connectivity index (χ3n) is 6.28. The summed E-state index contributed by atoms with van der Waals surface area (Å²) in [4.78, 5) is 6.70. The van der Waals surface area contributed by atoms with Gasteiger partial charge in [-0.05, 0) is 72.4 Å². The highest BCUT2D eigenvalue weighted by Crippen LogP contribution is 2.34. The standard InChI is InChI=1S/C26H24ClN5O2S/c1-31(25-23-12-9-20(27)14-24(23)32(16-28)26(29)30-25)21-4-2-3-19(13-21)18-7-10-22(11-8-18)35(33,34)15-17-5-6-17/h2-4,7-14,16-17,28-29H,5-6,15H2,1H3. The maximum Gasteiger partial charge on any atom is 0.229 e. The Bertz CT molecular complexity index is 1610. The summed E-state index contributed by atoms with van der Waals surface area (Å²) in [5, 5.41) is 17.2. The predicted molar refractivity (Wildman–Crippen MR) is 139 cm³/mol. The van der Waals surface area contributed by atoms with Gasteiger partial charge in [-0.2, -0.15) is 4.98 Å². The fourth-order valence-corrected chi connectivity index (χ4v) is 6.03. The van der Waals surface area contributed by atoms with Crippen LogP contribution in [-0.4, -0.2) is 37.1 Å². The van der Waals surface area contributed by atoms with Crippen LogP contribution in [0.5, 0.6) is 0 Å². The number of nitrogens with zero attached hydrogens (tertiary/aromatic N) is 3. The Morgan fingerprint density at radius 3 is 2.51 bits per heavy atom. The van der Waals surface area contributed by atoms with Crippen molar-refractivity contribution in [1.82, 2.24) is 9.55 Å². The maximum atomic E-state index is 12.6. The average Bonchev–Trinajstić information content (AvgIpc) is 3.66. The molecule has 4 aromatic rings. The van der Waals surface area contributed by atoms with Gasteiger partial charge in [-0.1, -0.05) is 35.9 Å². The molecule has 1 aliphatic rings. The molecule has 0 atom stereocenters. The summed E-state index contributed by atoms with van der Waals surface area (Å²) in [5.74, 6) is 1.10. The van der Waals surface area contributed by atoms with Crippen LogP contribution in [0.15, 0.2) is 71.6 Å². The Morgan fingerprint density at radius 2 is 1.83 bits per heavy atom. The molecule has 7 nitrogen and oxygen atoms in total. The zero-order chi connectivity index (χ0) is 24.7. The molecule has 178 valence electrons. The van der Waals surface area contributed by atoms with Crippen LogP contribution in [0.25, 0.3) is 22.0 Å². The monoisotopic (exact) mass is 505 g/mol. The summed E-state index contributed by atoms with van der Waals surface area (Å²) in [6, 6.07) is 20.2. The van der Waals surface area contributed by atoms with Crippen LogP contribution in [0.4, 0.5) is 11.5 Å². The molecule has 1 fully saturated rings. The third-order valence-corrected chi connectivity index (χ3v) is 8.42. The van der Waals surface area contributed by atoms with Gasteiger partial charge in [0.05, 0.1) is 22.5 Å². The summed E-state index contributed by atoms with van der Waals surface area (Å²) in [6.07, 6.45) is 3.05. The summed E-state index contributed by atoms with van der Waals surface area (Å²) >= 11 is 6.18. The number of halogens is 1. The fourth-order valence-electron chi connectivity index (χ4n) is 4.17. The molecule has 0 saturated heterocycles. The van der Waals surface area contributed by atoms with Gasteiger partial charge in [0.15, 0.2) is 9.84 Å². The van der Waals surface area contributed by atoms with E-state index in [9.17, 15) is 8.42 Å². The highest BCUT2D eigenvalue weighted by molar-refractivity contribution is 7.91. The summed E-state index contributed by atoms with van der Waals surface area (Å²) < 4.78 is 26.5.